The maximum absolute atomic E-state index is 11.2. The summed E-state index contributed by atoms with van der Waals surface area (Å²) >= 11 is 0. The fourth-order valence-electron chi connectivity index (χ4n) is 0.998. The largest absolute Gasteiger partial charge is 0.320 e. The summed E-state index contributed by atoms with van der Waals surface area (Å²) in [5, 5.41) is 1.37. The molecule has 1 amide bonds. The van der Waals surface area contributed by atoms with Crippen LogP contribution in [0.2, 0.25) is 0 Å². The van der Waals surface area contributed by atoms with Gasteiger partial charge in [0.25, 0.3) is 5.91 Å². The first-order chi connectivity index (χ1) is 5.22. The van der Waals surface area contributed by atoms with Crippen LogP contribution in [0.1, 0.15) is 19.8 Å². The predicted octanol–water partition coefficient (Wildman–Crippen LogP) is -0.112. The Labute approximate surface area is 66.3 Å². The molecule has 11 heavy (non-hydrogen) atoms. The molecule has 0 radical (unpaired) electrons. The van der Waals surface area contributed by atoms with Crippen LogP contribution in [0.15, 0.2) is 0 Å². The minimum atomic E-state index is -0.451. The van der Waals surface area contributed by atoms with E-state index in [1.807, 2.05) is 0 Å². The highest BCUT2D eigenvalue weighted by Gasteiger charge is 2.20. The van der Waals surface area contributed by atoms with E-state index in [9.17, 15) is 4.79 Å². The summed E-state index contributed by atoms with van der Waals surface area (Å²) in [5.41, 5.74) is 5.40. The van der Waals surface area contributed by atoms with Crippen molar-refractivity contribution < 1.29 is 9.63 Å². The third kappa shape index (κ3) is 2.17. The summed E-state index contributed by atoms with van der Waals surface area (Å²) in [6.45, 7) is 2.99. The standard InChI is InChI=1S/C7H14N2O2/c1-6(8)7(10)9-4-2-3-5-11-9/h6H,2-5,8H2,1H3/t6-/m1/s1. The molecular formula is C7H14N2O2. The molecule has 1 fully saturated rings. The number of hydrogen-bond acceptors (Lipinski definition) is 3. The van der Waals surface area contributed by atoms with Gasteiger partial charge in [0.1, 0.15) is 0 Å². The van der Waals surface area contributed by atoms with Gasteiger partial charge in [-0.3, -0.25) is 9.63 Å². The summed E-state index contributed by atoms with van der Waals surface area (Å²) in [6, 6.07) is -0.451. The van der Waals surface area contributed by atoms with E-state index < -0.39 is 6.04 Å². The quantitative estimate of drug-likeness (QED) is 0.579. The van der Waals surface area contributed by atoms with E-state index in [0.717, 1.165) is 12.8 Å². The summed E-state index contributed by atoms with van der Waals surface area (Å²) in [5.74, 6) is -0.121. The number of nitrogens with two attached hydrogens (primary N) is 1. The van der Waals surface area contributed by atoms with Crippen LogP contribution in [0.3, 0.4) is 0 Å². The van der Waals surface area contributed by atoms with Crippen molar-refractivity contribution in [1.82, 2.24) is 5.06 Å². The molecule has 1 aliphatic rings. The molecule has 0 aromatic rings. The Morgan fingerprint density at radius 1 is 1.64 bits per heavy atom. The fourth-order valence-corrected chi connectivity index (χ4v) is 0.998. The van der Waals surface area contributed by atoms with Crippen LogP contribution < -0.4 is 5.73 Å². The highest BCUT2D eigenvalue weighted by atomic mass is 16.7. The van der Waals surface area contributed by atoms with Gasteiger partial charge in [0.2, 0.25) is 0 Å². The van der Waals surface area contributed by atoms with Crippen molar-refractivity contribution in [1.29, 1.82) is 0 Å². The second-order valence-corrected chi connectivity index (χ2v) is 2.77. The molecule has 0 aromatic heterocycles. The van der Waals surface area contributed by atoms with Crippen molar-refractivity contribution in [3.05, 3.63) is 0 Å². The van der Waals surface area contributed by atoms with E-state index >= 15 is 0 Å². The average molecular weight is 158 g/mol. The normalized spacial score (nSPS) is 21.5. The second-order valence-electron chi connectivity index (χ2n) is 2.77. The Morgan fingerprint density at radius 2 is 2.36 bits per heavy atom. The molecule has 0 saturated carbocycles. The van der Waals surface area contributed by atoms with E-state index in [4.69, 9.17) is 10.6 Å². The van der Waals surface area contributed by atoms with Crippen molar-refractivity contribution in [3.63, 3.8) is 0 Å². The molecule has 1 heterocycles. The van der Waals surface area contributed by atoms with Crippen LogP contribution in [0, 0.1) is 0 Å². The molecule has 4 heteroatoms. The summed E-state index contributed by atoms with van der Waals surface area (Å²) in [6.07, 6.45) is 2.04. The maximum atomic E-state index is 11.2. The second kappa shape index (κ2) is 3.69. The molecular weight excluding hydrogens is 144 g/mol. The topological polar surface area (TPSA) is 55.6 Å². The lowest BCUT2D eigenvalue weighted by atomic mass is 10.2. The summed E-state index contributed by atoms with van der Waals surface area (Å²) in [7, 11) is 0. The van der Waals surface area contributed by atoms with Crippen LogP contribution in [-0.4, -0.2) is 30.2 Å². The third-order valence-corrected chi connectivity index (χ3v) is 1.64. The molecule has 0 bridgehead atoms. The van der Waals surface area contributed by atoms with E-state index in [2.05, 4.69) is 0 Å². The number of hydrogen-bond donors (Lipinski definition) is 1. The first-order valence-corrected chi connectivity index (χ1v) is 3.91. The van der Waals surface area contributed by atoms with E-state index in [0.29, 0.717) is 13.2 Å². The Hall–Kier alpha value is -0.610. The Morgan fingerprint density at radius 3 is 2.82 bits per heavy atom. The predicted molar refractivity (Wildman–Crippen MR) is 40.5 cm³/mol. The Kier molecular flexibility index (Phi) is 2.84. The van der Waals surface area contributed by atoms with Gasteiger partial charge in [0.15, 0.2) is 0 Å². The van der Waals surface area contributed by atoms with Crippen LogP contribution in [0.5, 0.6) is 0 Å². The van der Waals surface area contributed by atoms with Gasteiger partial charge >= 0.3 is 0 Å². The Bertz CT molecular complexity index is 141. The number of carbonyl (C=O) groups is 1. The molecule has 1 rings (SSSR count). The molecule has 0 aliphatic carbocycles. The van der Waals surface area contributed by atoms with Gasteiger partial charge < -0.3 is 5.73 Å². The van der Waals surface area contributed by atoms with Crippen molar-refractivity contribution in [2.24, 2.45) is 5.73 Å². The minimum absolute atomic E-state index is 0.121. The molecule has 0 aromatic carbocycles. The highest BCUT2D eigenvalue weighted by molar-refractivity contribution is 5.80. The summed E-state index contributed by atoms with van der Waals surface area (Å²) < 4.78 is 0. The molecule has 4 nitrogen and oxygen atoms in total. The number of hydroxylamine groups is 2. The van der Waals surface area contributed by atoms with Gasteiger partial charge in [-0.15, -0.1) is 0 Å². The average Bonchev–Trinajstić information content (AvgIpc) is 2.05. The highest BCUT2D eigenvalue weighted by Crippen LogP contribution is 2.06. The Balaban J connectivity index is 2.39. The van der Waals surface area contributed by atoms with E-state index in [-0.39, 0.29) is 5.91 Å². The SMILES string of the molecule is C[C@@H](N)C(=O)N1CCCCO1. The van der Waals surface area contributed by atoms with Gasteiger partial charge in [0, 0.05) is 6.54 Å². The van der Waals surface area contributed by atoms with Crippen LogP contribution in [0.4, 0.5) is 0 Å². The fraction of sp³-hybridized carbons (Fsp3) is 0.857. The van der Waals surface area contributed by atoms with Gasteiger partial charge in [0.05, 0.1) is 12.6 Å². The molecule has 64 valence electrons. The maximum Gasteiger partial charge on any atom is 0.262 e. The van der Waals surface area contributed by atoms with E-state index in [1.165, 1.54) is 5.06 Å². The lowest BCUT2D eigenvalue weighted by molar-refractivity contribution is -0.197. The molecule has 2 N–H and O–H groups in total. The zero-order chi connectivity index (χ0) is 8.27. The third-order valence-electron chi connectivity index (χ3n) is 1.64. The van der Waals surface area contributed by atoms with Crippen molar-refractivity contribution in [3.8, 4) is 0 Å². The number of carbonyl (C=O) groups excluding carboxylic acids is 1. The van der Waals surface area contributed by atoms with Crippen molar-refractivity contribution >= 4 is 5.91 Å². The lowest BCUT2D eigenvalue weighted by Crippen LogP contribution is -2.44. The molecule has 0 unspecified atom stereocenters. The van der Waals surface area contributed by atoms with Crippen molar-refractivity contribution in [2.45, 2.75) is 25.8 Å². The van der Waals surface area contributed by atoms with Crippen LogP contribution >= 0.6 is 0 Å². The number of amides is 1. The molecule has 1 aliphatic heterocycles. The van der Waals surface area contributed by atoms with Gasteiger partial charge in [-0.2, -0.15) is 0 Å². The van der Waals surface area contributed by atoms with Gasteiger partial charge in [-0.25, -0.2) is 5.06 Å². The monoisotopic (exact) mass is 158 g/mol. The number of nitrogens with zero attached hydrogens (tertiary/aromatic N) is 1. The van der Waals surface area contributed by atoms with E-state index in [1.54, 1.807) is 6.92 Å². The number of rotatable bonds is 1. The minimum Gasteiger partial charge on any atom is -0.320 e. The first-order valence-electron chi connectivity index (χ1n) is 3.91. The van der Waals surface area contributed by atoms with Crippen LogP contribution in [0.25, 0.3) is 0 Å². The van der Waals surface area contributed by atoms with Crippen molar-refractivity contribution in [2.75, 3.05) is 13.2 Å². The zero-order valence-electron chi connectivity index (χ0n) is 6.75. The first kappa shape index (κ1) is 8.49. The molecule has 0 spiro atoms. The smallest absolute Gasteiger partial charge is 0.262 e. The summed E-state index contributed by atoms with van der Waals surface area (Å²) in [4.78, 5) is 16.3. The van der Waals surface area contributed by atoms with Crippen LogP contribution in [-0.2, 0) is 9.63 Å². The van der Waals surface area contributed by atoms with Gasteiger partial charge in [-0.05, 0) is 19.8 Å². The lowest BCUT2D eigenvalue weighted by Gasteiger charge is -2.26. The molecule has 1 saturated heterocycles. The zero-order valence-corrected chi connectivity index (χ0v) is 6.75. The molecule has 1 atom stereocenters. The van der Waals surface area contributed by atoms with Gasteiger partial charge in [-0.1, -0.05) is 0 Å².